The average molecular weight is 587 g/mol. The van der Waals surface area contributed by atoms with E-state index in [1.165, 1.54) is 37.7 Å². The molecule has 0 bridgehead atoms. The van der Waals surface area contributed by atoms with Crippen LogP contribution in [0.15, 0.2) is 158 Å². The number of benzene rings is 5. The summed E-state index contributed by atoms with van der Waals surface area (Å²) in [7, 11) is -1.80. The molecular formula is C40H39BN2Si. The van der Waals surface area contributed by atoms with Crippen molar-refractivity contribution in [3.63, 3.8) is 0 Å². The molecule has 216 valence electrons. The molecule has 2 nitrogen and oxygen atoms in total. The minimum atomic E-state index is -2.54. The van der Waals surface area contributed by atoms with Crippen LogP contribution in [-0.4, -0.2) is 24.9 Å². The van der Waals surface area contributed by atoms with E-state index in [0.29, 0.717) is 5.92 Å². The van der Waals surface area contributed by atoms with E-state index in [4.69, 9.17) is 4.98 Å². The summed E-state index contributed by atoms with van der Waals surface area (Å²) in [6.07, 6.45) is 8.41. The maximum absolute atomic E-state index is 4.99. The van der Waals surface area contributed by atoms with E-state index < -0.39 is 8.07 Å². The highest BCUT2D eigenvalue weighted by molar-refractivity contribution is 7.10. The fraction of sp³-hybridized carbons (Fsp3) is 0.125. The first-order valence-corrected chi connectivity index (χ1v) is 17.8. The van der Waals surface area contributed by atoms with Crippen molar-refractivity contribution in [1.29, 1.82) is 0 Å². The summed E-state index contributed by atoms with van der Waals surface area (Å²) in [6.45, 7) is 4.60. The highest BCUT2D eigenvalue weighted by Crippen LogP contribution is 2.18. The van der Waals surface area contributed by atoms with Gasteiger partial charge in [0.1, 0.15) is 0 Å². The van der Waals surface area contributed by atoms with Crippen molar-refractivity contribution >= 4 is 48.2 Å². The summed E-state index contributed by atoms with van der Waals surface area (Å²) >= 11 is 0. The lowest BCUT2D eigenvalue weighted by Crippen LogP contribution is -2.70. The first kappa shape index (κ1) is 29.4. The number of nitrogens with zero attached hydrogens (tertiary/aromatic N) is 2. The topological polar surface area (TPSA) is 17.8 Å². The predicted octanol–water partition coefficient (Wildman–Crippen LogP) is 6.05. The normalized spacial score (nSPS) is 11.9. The average Bonchev–Trinajstić information content (AvgIpc) is 3.51. The van der Waals surface area contributed by atoms with Crippen molar-refractivity contribution in [1.82, 2.24) is 9.55 Å². The van der Waals surface area contributed by atoms with Crippen molar-refractivity contribution in [2.45, 2.75) is 26.4 Å². The monoisotopic (exact) mass is 586 g/mol. The molecule has 0 saturated heterocycles. The van der Waals surface area contributed by atoms with Crippen LogP contribution >= 0.6 is 0 Å². The largest absolute Gasteiger partial charge is 0.345 e. The Morgan fingerprint density at radius 3 is 1.89 bits per heavy atom. The van der Waals surface area contributed by atoms with Crippen LogP contribution in [0.5, 0.6) is 0 Å². The van der Waals surface area contributed by atoms with Crippen molar-refractivity contribution in [3.05, 3.63) is 175 Å². The van der Waals surface area contributed by atoms with Gasteiger partial charge in [-0.05, 0) is 44.6 Å². The SMILES string of the molecule is CC(C)Cc1cccc([Si](Cn2ccnc2BC(=Cc2ccccc2)c2ccccc2)(c2ccccc2)c2ccccc2)c1. The van der Waals surface area contributed by atoms with Crippen molar-refractivity contribution in [3.8, 4) is 0 Å². The smallest absolute Gasteiger partial charge is 0.239 e. The molecule has 0 aliphatic carbocycles. The molecule has 5 aromatic carbocycles. The summed E-state index contributed by atoms with van der Waals surface area (Å²) in [4.78, 5) is 4.99. The molecule has 1 aromatic heterocycles. The van der Waals surface area contributed by atoms with Gasteiger partial charge in [-0.3, -0.25) is 4.98 Å². The van der Waals surface area contributed by atoms with Gasteiger partial charge in [-0.2, -0.15) is 0 Å². The minimum Gasteiger partial charge on any atom is -0.345 e. The molecule has 0 amide bonds. The summed E-state index contributed by atoms with van der Waals surface area (Å²) in [5.41, 5.74) is 6.17. The van der Waals surface area contributed by atoms with Crippen LogP contribution in [0.25, 0.3) is 11.5 Å². The molecule has 44 heavy (non-hydrogen) atoms. The highest BCUT2D eigenvalue weighted by Gasteiger charge is 2.40. The second kappa shape index (κ2) is 13.7. The van der Waals surface area contributed by atoms with Gasteiger partial charge < -0.3 is 4.57 Å². The minimum absolute atomic E-state index is 0.600. The molecule has 0 fully saturated rings. The van der Waals surface area contributed by atoms with Gasteiger partial charge in [0.2, 0.25) is 7.28 Å². The van der Waals surface area contributed by atoms with Crippen LogP contribution in [-0.2, 0) is 12.6 Å². The summed E-state index contributed by atoms with van der Waals surface area (Å²) in [5, 5.41) is 4.27. The Morgan fingerprint density at radius 2 is 1.27 bits per heavy atom. The molecule has 6 aromatic rings. The molecule has 0 radical (unpaired) electrons. The first-order valence-electron chi connectivity index (χ1n) is 15.6. The zero-order valence-corrected chi connectivity index (χ0v) is 26.7. The molecule has 0 unspecified atom stereocenters. The number of aromatic nitrogens is 2. The molecule has 6 rings (SSSR count). The number of imidazole rings is 1. The van der Waals surface area contributed by atoms with E-state index in [1.54, 1.807) is 0 Å². The van der Waals surface area contributed by atoms with Crippen LogP contribution in [0.2, 0.25) is 0 Å². The van der Waals surface area contributed by atoms with Gasteiger partial charge in [-0.25, -0.2) is 0 Å². The zero-order chi connectivity index (χ0) is 30.2. The molecule has 0 aliphatic heterocycles. The Kier molecular flexibility index (Phi) is 9.19. The second-order valence-electron chi connectivity index (χ2n) is 12.0. The fourth-order valence-corrected chi connectivity index (χ4v) is 11.1. The summed E-state index contributed by atoms with van der Waals surface area (Å²) in [5.74, 6) is 0.600. The Morgan fingerprint density at radius 1 is 0.705 bits per heavy atom. The van der Waals surface area contributed by atoms with E-state index >= 15 is 0 Å². The second-order valence-corrected chi connectivity index (χ2v) is 15.9. The molecule has 0 spiro atoms. The summed E-state index contributed by atoms with van der Waals surface area (Å²) in [6, 6.07) is 53.2. The van der Waals surface area contributed by atoms with Gasteiger partial charge in [-0.1, -0.05) is 171 Å². The van der Waals surface area contributed by atoms with Gasteiger partial charge in [0, 0.05) is 18.6 Å². The third-order valence-electron chi connectivity index (χ3n) is 8.44. The van der Waals surface area contributed by atoms with Crippen molar-refractivity contribution < 1.29 is 0 Å². The van der Waals surface area contributed by atoms with Crippen LogP contribution in [0, 0.1) is 5.92 Å². The van der Waals surface area contributed by atoms with Gasteiger partial charge in [0.05, 0.1) is 5.72 Å². The summed E-state index contributed by atoms with van der Waals surface area (Å²) < 4.78 is 2.43. The molecule has 1 heterocycles. The van der Waals surface area contributed by atoms with E-state index in [9.17, 15) is 0 Å². The van der Waals surface area contributed by atoms with Crippen LogP contribution in [0.3, 0.4) is 0 Å². The van der Waals surface area contributed by atoms with Gasteiger partial charge in [0.25, 0.3) is 0 Å². The fourth-order valence-electron chi connectivity index (χ4n) is 6.37. The lowest BCUT2D eigenvalue weighted by atomic mass is 9.65. The van der Waals surface area contributed by atoms with Crippen LogP contribution in [0.4, 0.5) is 0 Å². The lowest BCUT2D eigenvalue weighted by Gasteiger charge is -2.35. The Balaban J connectivity index is 1.49. The molecular weight excluding hydrogens is 547 g/mol. The van der Waals surface area contributed by atoms with E-state index in [1.807, 2.05) is 6.20 Å². The van der Waals surface area contributed by atoms with Gasteiger partial charge in [0.15, 0.2) is 8.07 Å². The molecule has 0 saturated carbocycles. The molecule has 0 N–H and O–H groups in total. The third kappa shape index (κ3) is 6.61. The number of hydrogen-bond acceptors (Lipinski definition) is 1. The lowest BCUT2D eigenvalue weighted by molar-refractivity contribution is 0.647. The Bertz CT molecular complexity index is 1760. The molecule has 0 aliphatic rings. The third-order valence-corrected chi connectivity index (χ3v) is 13.2. The maximum Gasteiger partial charge on any atom is 0.239 e. The van der Waals surface area contributed by atoms with Crippen LogP contribution in [0.1, 0.15) is 30.5 Å². The van der Waals surface area contributed by atoms with E-state index in [2.05, 4.69) is 176 Å². The Hall–Kier alpha value is -4.67. The Labute approximate surface area is 264 Å². The van der Waals surface area contributed by atoms with Crippen molar-refractivity contribution in [2.75, 3.05) is 0 Å². The molecule has 0 atom stereocenters. The quantitative estimate of drug-likeness (QED) is 0.103. The number of hydrogen-bond donors (Lipinski definition) is 0. The molecule has 4 heteroatoms. The standard InChI is InChI=1S/C40H39BN2Si/c1-32(2)28-34-18-15-25-38(29-34)44(36-21-11-5-12-22-36,37-23-13-6-14-24-37)31-43-27-26-42-40(43)41-39(35-19-9-4-10-20-35)30-33-16-7-3-8-17-33/h3-27,29-30,32,41H,28,31H2,1-2H3. The van der Waals surface area contributed by atoms with Crippen molar-refractivity contribution in [2.24, 2.45) is 5.92 Å². The van der Waals surface area contributed by atoms with Gasteiger partial charge in [-0.15, -0.1) is 0 Å². The highest BCUT2D eigenvalue weighted by atomic mass is 28.3. The van der Waals surface area contributed by atoms with Crippen LogP contribution < -0.4 is 21.3 Å². The number of rotatable bonds is 11. The zero-order valence-electron chi connectivity index (χ0n) is 25.7. The van der Waals surface area contributed by atoms with Gasteiger partial charge >= 0.3 is 0 Å². The van der Waals surface area contributed by atoms with E-state index in [-0.39, 0.29) is 0 Å². The first-order chi connectivity index (χ1) is 21.6. The maximum atomic E-state index is 4.99. The van der Waals surface area contributed by atoms with E-state index in [0.717, 1.165) is 25.6 Å². The predicted molar refractivity (Wildman–Crippen MR) is 192 cm³/mol.